The second-order valence-electron chi connectivity index (χ2n) is 11.9. The van der Waals surface area contributed by atoms with Gasteiger partial charge in [0.15, 0.2) is 5.82 Å². The Morgan fingerprint density at radius 2 is 1.65 bits per heavy atom. The number of thioether (sulfide) groups is 1. The van der Waals surface area contributed by atoms with Gasteiger partial charge in [0, 0.05) is 80.5 Å². The van der Waals surface area contributed by atoms with Crippen molar-refractivity contribution >= 4 is 51.6 Å². The van der Waals surface area contributed by atoms with Crippen LogP contribution in [-0.4, -0.2) is 89.1 Å². The second kappa shape index (κ2) is 13.0. The average Bonchev–Trinajstić information content (AvgIpc) is 3.39. The van der Waals surface area contributed by atoms with E-state index in [4.69, 9.17) is 14.7 Å². The molecule has 2 fully saturated rings. The van der Waals surface area contributed by atoms with Gasteiger partial charge in [-0.05, 0) is 50.2 Å². The van der Waals surface area contributed by atoms with Crippen LogP contribution in [0.3, 0.4) is 0 Å². The molecule has 0 spiro atoms. The summed E-state index contributed by atoms with van der Waals surface area (Å²) in [6.45, 7) is 11.3. The second-order valence-corrected chi connectivity index (χ2v) is 13.5. The van der Waals surface area contributed by atoms with Gasteiger partial charge in [0.05, 0.1) is 24.0 Å². The van der Waals surface area contributed by atoms with Crippen molar-refractivity contribution in [1.82, 2.24) is 24.3 Å². The number of hydrogen-bond donors (Lipinski definition) is 2. The highest BCUT2D eigenvalue weighted by Gasteiger charge is 2.27. The third-order valence-corrected chi connectivity index (χ3v) is 9.62. The van der Waals surface area contributed by atoms with Crippen molar-refractivity contribution < 1.29 is 4.74 Å². The smallest absolute Gasteiger partial charge is 0.229 e. The average molecular weight is 601 g/mol. The van der Waals surface area contributed by atoms with Gasteiger partial charge in [-0.2, -0.15) is 4.98 Å². The van der Waals surface area contributed by atoms with Crippen LogP contribution >= 0.6 is 11.8 Å². The lowest BCUT2D eigenvalue weighted by atomic mass is 10.0. The van der Waals surface area contributed by atoms with Gasteiger partial charge in [-0.1, -0.05) is 26.0 Å². The number of methoxy groups -OCH3 is 1. The van der Waals surface area contributed by atoms with Crippen molar-refractivity contribution in [3.05, 3.63) is 54.7 Å². The number of rotatable bonds is 9. The monoisotopic (exact) mass is 600 g/mol. The number of benzene rings is 2. The summed E-state index contributed by atoms with van der Waals surface area (Å²) >= 11 is 1.84. The quantitative estimate of drug-likeness (QED) is 0.219. The Labute approximate surface area is 259 Å². The first-order chi connectivity index (χ1) is 20.9. The summed E-state index contributed by atoms with van der Waals surface area (Å²) in [5, 5.41) is 7.53. The molecule has 4 heterocycles. The molecule has 0 atom stereocenters. The van der Waals surface area contributed by atoms with Crippen LogP contribution in [0, 0.1) is 0 Å². The normalized spacial score (nSPS) is 17.1. The van der Waals surface area contributed by atoms with Gasteiger partial charge in [-0.25, -0.2) is 4.98 Å². The minimum Gasteiger partial charge on any atom is -0.494 e. The predicted octanol–water partition coefficient (Wildman–Crippen LogP) is 6.18. The SMILES string of the molecule is COc1cc(N2CCC(N3CCN(C)CC3)CC2)ccc1Nc1nc(Nc2ccccc2SC(C)C)c2c(ccn2C)n1. The highest BCUT2D eigenvalue weighted by Crippen LogP contribution is 2.36. The largest absolute Gasteiger partial charge is 0.494 e. The summed E-state index contributed by atoms with van der Waals surface area (Å²) in [7, 11) is 5.97. The minimum atomic E-state index is 0.472. The Morgan fingerprint density at radius 3 is 2.40 bits per heavy atom. The molecule has 2 saturated heterocycles. The molecule has 10 heteroatoms. The van der Waals surface area contributed by atoms with Crippen LogP contribution in [0.5, 0.6) is 5.75 Å². The molecule has 0 radical (unpaired) electrons. The van der Waals surface area contributed by atoms with E-state index in [1.54, 1.807) is 7.11 Å². The van der Waals surface area contributed by atoms with Crippen LogP contribution in [0.15, 0.2) is 59.6 Å². The summed E-state index contributed by atoms with van der Waals surface area (Å²) in [6.07, 6.45) is 4.42. The number of hydrogen-bond acceptors (Lipinski definition) is 9. The Morgan fingerprint density at radius 1 is 0.884 bits per heavy atom. The highest BCUT2D eigenvalue weighted by molar-refractivity contribution is 8.00. The van der Waals surface area contributed by atoms with E-state index in [-0.39, 0.29) is 0 Å². The van der Waals surface area contributed by atoms with E-state index < -0.39 is 0 Å². The number of aromatic nitrogens is 3. The van der Waals surface area contributed by atoms with Gasteiger partial charge in [-0.15, -0.1) is 11.8 Å². The lowest BCUT2D eigenvalue weighted by molar-refractivity contribution is 0.0982. The van der Waals surface area contributed by atoms with E-state index in [2.05, 4.69) is 93.3 Å². The van der Waals surface area contributed by atoms with Crippen LogP contribution in [0.2, 0.25) is 0 Å². The minimum absolute atomic E-state index is 0.472. The van der Waals surface area contributed by atoms with Crippen LogP contribution in [0.1, 0.15) is 26.7 Å². The third-order valence-electron chi connectivity index (χ3n) is 8.54. The molecule has 2 aliphatic heterocycles. The number of para-hydroxylation sites is 1. The molecule has 0 unspecified atom stereocenters. The first kappa shape index (κ1) is 29.6. The first-order valence-electron chi connectivity index (χ1n) is 15.4. The van der Waals surface area contributed by atoms with E-state index in [9.17, 15) is 0 Å². The number of ether oxygens (including phenoxy) is 1. The van der Waals surface area contributed by atoms with E-state index in [0.29, 0.717) is 17.2 Å². The van der Waals surface area contributed by atoms with E-state index in [1.165, 1.54) is 49.6 Å². The summed E-state index contributed by atoms with van der Waals surface area (Å²) < 4.78 is 7.92. The molecule has 0 bridgehead atoms. The van der Waals surface area contributed by atoms with Gasteiger partial charge in [0.2, 0.25) is 5.95 Å². The van der Waals surface area contributed by atoms with Crippen molar-refractivity contribution in [3.8, 4) is 5.75 Å². The number of likely N-dealkylation sites (N-methyl/N-ethyl adjacent to an activating group) is 1. The van der Waals surface area contributed by atoms with Gasteiger partial charge in [0.1, 0.15) is 11.3 Å². The van der Waals surface area contributed by atoms with E-state index in [1.807, 2.05) is 31.1 Å². The molecule has 0 amide bonds. The van der Waals surface area contributed by atoms with Gasteiger partial charge in [-0.3, -0.25) is 4.90 Å². The number of fused-ring (bicyclic) bond motifs is 1. The van der Waals surface area contributed by atoms with Crippen molar-refractivity contribution in [1.29, 1.82) is 0 Å². The fourth-order valence-corrected chi connectivity index (χ4v) is 7.08. The summed E-state index contributed by atoms with van der Waals surface area (Å²) in [5.41, 5.74) is 4.90. The first-order valence-corrected chi connectivity index (χ1v) is 16.2. The molecule has 2 aliphatic rings. The van der Waals surface area contributed by atoms with Crippen molar-refractivity contribution in [2.75, 3.05) is 69.0 Å². The lowest BCUT2D eigenvalue weighted by Gasteiger charge is -2.42. The van der Waals surface area contributed by atoms with Crippen LogP contribution in [0.4, 0.5) is 28.8 Å². The number of anilines is 5. The van der Waals surface area contributed by atoms with Crippen molar-refractivity contribution in [2.45, 2.75) is 42.9 Å². The zero-order valence-corrected chi connectivity index (χ0v) is 26.8. The number of nitrogens with zero attached hydrogens (tertiary/aromatic N) is 6. The Kier molecular flexibility index (Phi) is 8.97. The standard InChI is InChI=1S/C33H44N8OS/c1-23(2)43-30-9-7-6-8-27(30)34-32-31-28(14-15-39(31)4)36-33(37-32)35-26-11-10-25(22-29(26)42-5)40-16-12-24(13-17-40)41-20-18-38(3)19-21-41/h6-11,14-15,22-24H,12-13,16-21H2,1-5H3,(H2,34,35,36,37). The molecule has 2 aromatic carbocycles. The summed E-state index contributed by atoms with van der Waals surface area (Å²) in [5.74, 6) is 2.06. The molecular weight excluding hydrogens is 556 g/mol. The molecule has 43 heavy (non-hydrogen) atoms. The van der Waals surface area contributed by atoms with Gasteiger partial charge >= 0.3 is 0 Å². The lowest BCUT2D eigenvalue weighted by Crippen LogP contribution is -2.52. The topological polar surface area (TPSA) is 73.7 Å². The number of nitrogens with one attached hydrogen (secondary N) is 2. The Balaban J connectivity index is 1.20. The zero-order valence-electron chi connectivity index (χ0n) is 26.0. The van der Waals surface area contributed by atoms with Gasteiger partial charge in [0.25, 0.3) is 0 Å². The molecule has 0 saturated carbocycles. The molecule has 0 aliphatic carbocycles. The summed E-state index contributed by atoms with van der Waals surface area (Å²) in [6, 6.07) is 17.5. The van der Waals surface area contributed by atoms with E-state index >= 15 is 0 Å². The number of piperidine rings is 1. The summed E-state index contributed by atoms with van der Waals surface area (Å²) in [4.78, 5) is 18.6. The van der Waals surface area contributed by atoms with Crippen molar-refractivity contribution in [3.63, 3.8) is 0 Å². The molecule has 2 aromatic heterocycles. The van der Waals surface area contributed by atoms with Crippen LogP contribution in [0.25, 0.3) is 11.0 Å². The fraction of sp³-hybridized carbons (Fsp3) is 0.455. The van der Waals surface area contributed by atoms with E-state index in [0.717, 1.165) is 47.1 Å². The molecule has 9 nitrogen and oxygen atoms in total. The number of piperazine rings is 1. The van der Waals surface area contributed by atoms with Crippen LogP contribution in [-0.2, 0) is 7.05 Å². The highest BCUT2D eigenvalue weighted by atomic mass is 32.2. The fourth-order valence-electron chi connectivity index (χ4n) is 6.17. The molecule has 2 N–H and O–H groups in total. The number of aryl methyl sites for hydroxylation is 1. The maximum atomic E-state index is 5.87. The maximum absolute atomic E-state index is 5.87. The zero-order chi connectivity index (χ0) is 29.9. The molecule has 228 valence electrons. The Hall–Kier alpha value is -3.47. The Bertz CT molecular complexity index is 1540. The van der Waals surface area contributed by atoms with Gasteiger partial charge < -0.3 is 29.7 Å². The van der Waals surface area contributed by atoms with Crippen molar-refractivity contribution in [2.24, 2.45) is 7.05 Å². The molecule has 6 rings (SSSR count). The molecular formula is C33H44N8OS. The van der Waals surface area contributed by atoms with Crippen LogP contribution < -0.4 is 20.3 Å². The molecule has 4 aromatic rings. The maximum Gasteiger partial charge on any atom is 0.229 e. The predicted molar refractivity (Wildman–Crippen MR) is 180 cm³/mol. The third kappa shape index (κ3) is 6.71.